The normalized spacial score (nSPS) is 9.42. The summed E-state index contributed by atoms with van der Waals surface area (Å²) < 4.78 is 0. The Morgan fingerprint density at radius 1 is 1.33 bits per heavy atom. The molecule has 3 N–H and O–H groups in total. The van der Waals surface area contributed by atoms with Crippen molar-refractivity contribution in [3.8, 4) is 0 Å². The van der Waals surface area contributed by atoms with Gasteiger partial charge in [0.05, 0.1) is 0 Å². The molecule has 0 fully saturated rings. The zero-order valence-corrected chi connectivity index (χ0v) is 8.52. The first-order chi connectivity index (χ1) is 5.42. The van der Waals surface area contributed by atoms with Gasteiger partial charge in [-0.1, -0.05) is 0 Å². The predicted octanol–water partition coefficient (Wildman–Crippen LogP) is -3.73. The van der Waals surface area contributed by atoms with Gasteiger partial charge in [0.25, 0.3) is 0 Å². The number of rotatable bonds is 1. The van der Waals surface area contributed by atoms with Crippen molar-refractivity contribution in [3.63, 3.8) is 0 Å². The van der Waals surface area contributed by atoms with Crippen LogP contribution in [0.1, 0.15) is 0 Å². The molecule has 0 aromatic carbocycles. The molecule has 6 nitrogen and oxygen atoms in total. The van der Waals surface area contributed by atoms with E-state index >= 15 is 0 Å². The zero-order valence-electron chi connectivity index (χ0n) is 6.52. The molecule has 0 radical (unpaired) electrons. The minimum atomic E-state index is 0. The van der Waals surface area contributed by atoms with Crippen LogP contribution in [0.3, 0.4) is 0 Å². The molecule has 2 heterocycles. The van der Waals surface area contributed by atoms with Gasteiger partial charge in [0.15, 0.2) is 5.82 Å². The Kier molecular flexibility index (Phi) is 2.99. The van der Waals surface area contributed by atoms with Crippen molar-refractivity contribution >= 4 is 17.0 Å². The van der Waals surface area contributed by atoms with Crippen molar-refractivity contribution in [2.75, 3.05) is 5.43 Å². The summed E-state index contributed by atoms with van der Waals surface area (Å²) in [7, 11) is 0. The summed E-state index contributed by atoms with van der Waals surface area (Å²) in [4.78, 5) is 15.5. The van der Waals surface area contributed by atoms with E-state index in [0.717, 1.165) is 0 Å². The maximum Gasteiger partial charge on any atom is 1.00 e. The van der Waals surface area contributed by atoms with Gasteiger partial charge in [-0.2, -0.15) is 0 Å². The molecule has 0 saturated heterocycles. The van der Waals surface area contributed by atoms with Crippen molar-refractivity contribution in [2.45, 2.75) is 0 Å². The van der Waals surface area contributed by atoms with Crippen LogP contribution in [0.4, 0.5) is 5.82 Å². The number of anilines is 1. The van der Waals surface area contributed by atoms with Gasteiger partial charge in [-0.15, -0.1) is 0 Å². The number of aromatic nitrogens is 4. The number of fused-ring (bicyclic) bond motifs is 1. The number of hydrogen-bond acceptors (Lipinski definition) is 5. The third-order valence-electron chi connectivity index (χ3n) is 1.31. The largest absolute Gasteiger partial charge is 1.00 e. The molecule has 56 valence electrons. The molecule has 12 heavy (non-hydrogen) atoms. The van der Waals surface area contributed by atoms with Crippen LogP contribution in [0.15, 0.2) is 12.7 Å². The molecule has 0 aliphatic rings. The molecule has 0 aliphatic heterocycles. The molecule has 2 rings (SSSR count). The van der Waals surface area contributed by atoms with E-state index in [1.165, 1.54) is 12.7 Å². The van der Waals surface area contributed by atoms with Gasteiger partial charge in [0.1, 0.15) is 0 Å². The summed E-state index contributed by atoms with van der Waals surface area (Å²) in [5, 5.41) is 0. The Balaban J connectivity index is 0.000000720. The summed E-state index contributed by atoms with van der Waals surface area (Å²) in [6.07, 6.45) is 2.80. The van der Waals surface area contributed by atoms with E-state index in [1.807, 2.05) is 0 Å². The van der Waals surface area contributed by atoms with E-state index in [9.17, 15) is 0 Å². The van der Waals surface area contributed by atoms with Crippen LogP contribution < -0.4 is 45.8 Å². The Labute approximate surface area is 90.3 Å². The first-order valence-electron chi connectivity index (χ1n) is 2.97. The fourth-order valence-electron chi connectivity index (χ4n) is 0.830. The van der Waals surface area contributed by atoms with Crippen LogP contribution in [0.25, 0.3) is 11.2 Å². The Morgan fingerprint density at radius 2 is 2.17 bits per heavy atom. The Hall–Kier alpha value is -0.690. The van der Waals surface area contributed by atoms with Crippen LogP contribution in [0.5, 0.6) is 0 Å². The third kappa shape index (κ3) is 1.42. The van der Waals surface area contributed by atoms with Gasteiger partial charge in [-0.25, -0.2) is 10.8 Å². The molecular formula is C5H5N6Na. The molecule has 0 unspecified atom stereocenters. The van der Waals surface area contributed by atoms with Gasteiger partial charge in [-0.3, -0.25) is 0 Å². The zero-order chi connectivity index (χ0) is 7.68. The Bertz CT molecular complexity index is 371. The van der Waals surface area contributed by atoms with Crippen molar-refractivity contribution in [1.82, 2.24) is 19.9 Å². The summed E-state index contributed by atoms with van der Waals surface area (Å²) in [6, 6.07) is 0. The summed E-state index contributed by atoms with van der Waals surface area (Å²) in [5.41, 5.74) is 3.54. The first kappa shape index (κ1) is 9.40. The molecule has 0 spiro atoms. The Morgan fingerprint density at radius 3 is 2.92 bits per heavy atom. The number of nitrogen functional groups attached to an aromatic ring is 1. The van der Waals surface area contributed by atoms with Crippen LogP contribution in [0.2, 0.25) is 0 Å². The molecule has 2 aromatic rings. The van der Waals surface area contributed by atoms with Crippen LogP contribution >= 0.6 is 0 Å². The van der Waals surface area contributed by atoms with Crippen molar-refractivity contribution in [1.29, 1.82) is 0 Å². The fourth-order valence-corrected chi connectivity index (χ4v) is 0.830. The fraction of sp³-hybridized carbons (Fsp3) is 0. The first-order valence-corrected chi connectivity index (χ1v) is 2.97. The van der Waals surface area contributed by atoms with E-state index in [0.29, 0.717) is 17.0 Å². The van der Waals surface area contributed by atoms with E-state index in [4.69, 9.17) is 5.84 Å². The monoisotopic (exact) mass is 172 g/mol. The molecule has 0 atom stereocenters. The van der Waals surface area contributed by atoms with Gasteiger partial charge in [0.2, 0.25) is 0 Å². The summed E-state index contributed by atoms with van der Waals surface area (Å²) >= 11 is 0. The second-order valence-corrected chi connectivity index (χ2v) is 1.91. The van der Waals surface area contributed by atoms with Gasteiger partial charge in [0, 0.05) is 17.5 Å². The van der Waals surface area contributed by atoms with E-state index in [2.05, 4.69) is 25.4 Å². The molecule has 2 aromatic heterocycles. The second-order valence-electron chi connectivity index (χ2n) is 1.91. The number of hydrogen-bond donors (Lipinski definition) is 2. The molecule has 0 aliphatic carbocycles. The van der Waals surface area contributed by atoms with Crippen molar-refractivity contribution < 1.29 is 29.6 Å². The molecular weight excluding hydrogens is 167 g/mol. The average molecular weight is 172 g/mol. The third-order valence-corrected chi connectivity index (χ3v) is 1.31. The van der Waals surface area contributed by atoms with Crippen molar-refractivity contribution in [2.24, 2.45) is 5.84 Å². The van der Waals surface area contributed by atoms with E-state index < -0.39 is 0 Å². The number of imidazole rings is 1. The smallest absolute Gasteiger partial charge is 0.365 e. The van der Waals surface area contributed by atoms with Crippen molar-refractivity contribution in [3.05, 3.63) is 12.7 Å². The number of nitrogens with one attached hydrogen (secondary N) is 1. The quantitative estimate of drug-likeness (QED) is 0.261. The number of nitrogens with two attached hydrogens (primary N) is 1. The maximum absolute atomic E-state index is 5.17. The van der Waals surface area contributed by atoms with Crippen LogP contribution in [-0.4, -0.2) is 15.0 Å². The number of hydrazine groups is 1. The number of nitrogens with zero attached hydrogens (tertiary/aromatic N) is 4. The van der Waals surface area contributed by atoms with E-state index in [1.54, 1.807) is 0 Å². The van der Waals surface area contributed by atoms with Gasteiger partial charge < -0.3 is 20.4 Å². The predicted molar refractivity (Wildman–Crippen MR) is 38.5 cm³/mol. The molecule has 0 amide bonds. The summed E-state index contributed by atoms with van der Waals surface area (Å²) in [5.74, 6) is 5.66. The topological polar surface area (TPSA) is 90.8 Å². The average Bonchev–Trinajstić information content (AvgIpc) is 2.50. The molecule has 0 saturated carbocycles. The van der Waals surface area contributed by atoms with Crippen LogP contribution in [-0.2, 0) is 0 Å². The molecule has 7 heteroatoms. The maximum atomic E-state index is 5.17. The second kappa shape index (κ2) is 3.81. The molecule has 0 bridgehead atoms. The SMILES string of the molecule is NNc1ncnc2[n-]cnc12.[Na+]. The van der Waals surface area contributed by atoms with Gasteiger partial charge in [-0.05, 0) is 6.33 Å². The summed E-state index contributed by atoms with van der Waals surface area (Å²) in [6.45, 7) is 0. The minimum Gasteiger partial charge on any atom is -0.365 e. The van der Waals surface area contributed by atoms with Crippen LogP contribution in [0, 0.1) is 0 Å². The minimum absolute atomic E-state index is 0. The van der Waals surface area contributed by atoms with E-state index in [-0.39, 0.29) is 29.6 Å². The standard InChI is InChI=1S/C5H5N6.Na/c6-11-5-3-4(8-1-7-3)9-2-10-5;/h1-2H,6H2,(H-,7,8,9,10,11);/q-1;+1. The van der Waals surface area contributed by atoms with Gasteiger partial charge >= 0.3 is 29.6 Å².